The van der Waals surface area contributed by atoms with E-state index in [0.717, 1.165) is 31.6 Å². The fourth-order valence-electron chi connectivity index (χ4n) is 5.58. The van der Waals surface area contributed by atoms with Gasteiger partial charge in [-0.05, 0) is 88.2 Å². The quantitative estimate of drug-likeness (QED) is 0.328. The molecule has 1 aliphatic heterocycles. The second kappa shape index (κ2) is 17.1. The first-order valence-corrected chi connectivity index (χ1v) is 16.1. The normalized spacial score (nSPS) is 20.3. The average Bonchev–Trinajstić information content (AvgIpc) is 3.06. The molecule has 0 saturated heterocycles. The van der Waals surface area contributed by atoms with Gasteiger partial charge in [0.1, 0.15) is 11.5 Å². The molecule has 10 nitrogen and oxygen atoms in total. The van der Waals surface area contributed by atoms with Crippen molar-refractivity contribution in [3.8, 4) is 11.5 Å². The summed E-state index contributed by atoms with van der Waals surface area (Å²) in [4.78, 5) is 35.1. The van der Waals surface area contributed by atoms with Crippen LogP contribution in [-0.4, -0.2) is 90.4 Å². The third kappa shape index (κ3) is 9.75. The molecule has 1 aromatic heterocycles. The molecule has 0 unspecified atom stereocenters. The molecule has 10 heteroatoms. The van der Waals surface area contributed by atoms with Crippen molar-refractivity contribution in [2.75, 3.05) is 45.8 Å². The van der Waals surface area contributed by atoms with Crippen LogP contribution in [0, 0.1) is 5.92 Å². The highest BCUT2D eigenvalue weighted by molar-refractivity contribution is 6.05. The lowest BCUT2D eigenvalue weighted by atomic mass is 10.0. The molecule has 1 aliphatic rings. The minimum atomic E-state index is -0.458. The molecule has 2 aromatic carbocycles. The van der Waals surface area contributed by atoms with Gasteiger partial charge < -0.3 is 29.5 Å². The van der Waals surface area contributed by atoms with Crippen molar-refractivity contribution >= 4 is 17.5 Å². The maximum Gasteiger partial charge on any atom is 0.258 e. The van der Waals surface area contributed by atoms with Crippen LogP contribution in [0.5, 0.6) is 11.5 Å². The summed E-state index contributed by atoms with van der Waals surface area (Å²) in [5, 5.41) is 13.1. The zero-order valence-corrected chi connectivity index (χ0v) is 27.6. The van der Waals surface area contributed by atoms with Gasteiger partial charge in [0, 0.05) is 55.8 Å². The molecule has 0 fully saturated rings. The summed E-state index contributed by atoms with van der Waals surface area (Å²) in [6, 6.07) is 16.0. The molecular weight excluding hydrogens is 584 g/mol. The van der Waals surface area contributed by atoms with Crippen molar-refractivity contribution < 1.29 is 28.9 Å². The molecule has 0 radical (unpaired) electrons. The van der Waals surface area contributed by atoms with E-state index in [1.165, 1.54) is 5.56 Å². The lowest BCUT2D eigenvalue weighted by Gasteiger charge is -2.36. The number of ether oxygens (including phenoxy) is 3. The van der Waals surface area contributed by atoms with E-state index in [1.807, 2.05) is 26.0 Å². The second-order valence-electron chi connectivity index (χ2n) is 12.2. The summed E-state index contributed by atoms with van der Waals surface area (Å²) >= 11 is 0. The van der Waals surface area contributed by atoms with Crippen LogP contribution in [0.1, 0.15) is 66.3 Å². The molecule has 46 heavy (non-hydrogen) atoms. The monoisotopic (exact) mass is 632 g/mol. The van der Waals surface area contributed by atoms with Crippen LogP contribution in [0.15, 0.2) is 67.0 Å². The van der Waals surface area contributed by atoms with E-state index in [1.54, 1.807) is 54.7 Å². The number of pyridine rings is 1. The van der Waals surface area contributed by atoms with Gasteiger partial charge in [-0.15, -0.1) is 0 Å². The number of anilines is 1. The van der Waals surface area contributed by atoms with Gasteiger partial charge in [-0.3, -0.25) is 19.5 Å². The number of nitrogens with zero attached hydrogens (tertiary/aromatic N) is 3. The number of amides is 2. The minimum absolute atomic E-state index is 0.0444. The topological polar surface area (TPSA) is 113 Å². The second-order valence-corrected chi connectivity index (χ2v) is 12.2. The van der Waals surface area contributed by atoms with Crippen LogP contribution in [0.3, 0.4) is 0 Å². The average molecular weight is 633 g/mol. The molecule has 2 heterocycles. The Kier molecular flexibility index (Phi) is 12.9. The molecular formula is C36H48N4O6. The molecule has 2 amide bonds. The summed E-state index contributed by atoms with van der Waals surface area (Å²) in [6.45, 7) is 8.10. The summed E-state index contributed by atoms with van der Waals surface area (Å²) < 4.78 is 18.1. The van der Waals surface area contributed by atoms with Crippen molar-refractivity contribution in [1.82, 2.24) is 14.8 Å². The Morgan fingerprint density at radius 2 is 1.87 bits per heavy atom. The number of fused-ring (bicyclic) bond motifs is 1. The number of hydrogen-bond acceptors (Lipinski definition) is 8. The van der Waals surface area contributed by atoms with Crippen LogP contribution in [0.4, 0.5) is 5.69 Å². The van der Waals surface area contributed by atoms with Gasteiger partial charge in [-0.25, -0.2) is 0 Å². The third-order valence-corrected chi connectivity index (χ3v) is 8.36. The number of carbonyl (C=O) groups is 2. The molecule has 0 bridgehead atoms. The highest BCUT2D eigenvalue weighted by Crippen LogP contribution is 2.29. The lowest BCUT2D eigenvalue weighted by Crippen LogP contribution is -2.47. The predicted molar refractivity (Wildman–Crippen MR) is 178 cm³/mol. The Balaban J connectivity index is 1.59. The summed E-state index contributed by atoms with van der Waals surface area (Å²) in [6.07, 6.45) is 5.43. The van der Waals surface area contributed by atoms with E-state index in [0.29, 0.717) is 42.3 Å². The number of carbonyl (C=O) groups excluding carboxylic acids is 2. The smallest absolute Gasteiger partial charge is 0.258 e. The Morgan fingerprint density at radius 3 is 2.57 bits per heavy atom. The Morgan fingerprint density at radius 1 is 1.13 bits per heavy atom. The number of methoxy groups -OCH3 is 1. The van der Waals surface area contributed by atoms with Gasteiger partial charge in [0.25, 0.3) is 11.8 Å². The first kappa shape index (κ1) is 34.9. The SMILES string of the molecule is COc1ccc(CN(C)C[C@@H]2OCCCC[C@@H](C)Oc3ccc(NC(=O)c4ccncc4)cc3C(=O)N([C@H](C)CO)C[C@H]2C)cc1. The molecule has 2 N–H and O–H groups in total. The van der Waals surface area contributed by atoms with Gasteiger partial charge in [-0.1, -0.05) is 19.1 Å². The van der Waals surface area contributed by atoms with Crippen molar-refractivity contribution in [3.05, 3.63) is 83.7 Å². The zero-order chi connectivity index (χ0) is 33.1. The van der Waals surface area contributed by atoms with E-state index in [-0.39, 0.29) is 36.5 Å². The van der Waals surface area contributed by atoms with Crippen LogP contribution in [-0.2, 0) is 11.3 Å². The fraction of sp³-hybridized carbons (Fsp3) is 0.472. The van der Waals surface area contributed by atoms with Crippen molar-refractivity contribution in [1.29, 1.82) is 0 Å². The van der Waals surface area contributed by atoms with Gasteiger partial charge >= 0.3 is 0 Å². The Bertz CT molecular complexity index is 1400. The van der Waals surface area contributed by atoms with E-state index < -0.39 is 6.04 Å². The van der Waals surface area contributed by atoms with Crippen molar-refractivity contribution in [2.45, 2.75) is 64.8 Å². The molecule has 0 aliphatic carbocycles. The van der Waals surface area contributed by atoms with E-state index >= 15 is 0 Å². The van der Waals surface area contributed by atoms with Crippen LogP contribution in [0.2, 0.25) is 0 Å². The summed E-state index contributed by atoms with van der Waals surface area (Å²) in [5.41, 5.74) is 2.42. The van der Waals surface area contributed by atoms with Crippen LogP contribution >= 0.6 is 0 Å². The Labute approximate surface area is 272 Å². The number of aliphatic hydroxyl groups is 1. The molecule has 0 saturated carbocycles. The first-order valence-electron chi connectivity index (χ1n) is 16.1. The molecule has 248 valence electrons. The zero-order valence-electron chi connectivity index (χ0n) is 27.6. The lowest BCUT2D eigenvalue weighted by molar-refractivity contribution is -0.0177. The highest BCUT2D eigenvalue weighted by atomic mass is 16.5. The molecule has 4 rings (SSSR count). The van der Waals surface area contributed by atoms with Crippen LogP contribution < -0.4 is 14.8 Å². The first-order chi connectivity index (χ1) is 22.2. The summed E-state index contributed by atoms with van der Waals surface area (Å²) in [7, 11) is 3.73. The van der Waals surface area contributed by atoms with E-state index in [9.17, 15) is 14.7 Å². The fourth-order valence-corrected chi connectivity index (χ4v) is 5.58. The summed E-state index contributed by atoms with van der Waals surface area (Å²) in [5.74, 6) is 0.640. The van der Waals surface area contributed by atoms with Crippen molar-refractivity contribution in [3.63, 3.8) is 0 Å². The molecule has 4 atom stereocenters. The van der Waals surface area contributed by atoms with Gasteiger partial charge in [0.05, 0.1) is 37.5 Å². The van der Waals surface area contributed by atoms with E-state index in [4.69, 9.17) is 14.2 Å². The van der Waals surface area contributed by atoms with Crippen molar-refractivity contribution in [2.24, 2.45) is 5.92 Å². The third-order valence-electron chi connectivity index (χ3n) is 8.36. The Hall–Kier alpha value is -3.99. The van der Waals surface area contributed by atoms with Gasteiger partial charge in [0.15, 0.2) is 0 Å². The largest absolute Gasteiger partial charge is 0.497 e. The number of nitrogens with one attached hydrogen (secondary N) is 1. The number of aromatic nitrogens is 1. The molecule has 3 aromatic rings. The highest BCUT2D eigenvalue weighted by Gasteiger charge is 2.30. The number of hydrogen-bond donors (Lipinski definition) is 2. The molecule has 0 spiro atoms. The van der Waals surface area contributed by atoms with E-state index in [2.05, 4.69) is 41.3 Å². The van der Waals surface area contributed by atoms with Gasteiger partial charge in [-0.2, -0.15) is 0 Å². The van der Waals surface area contributed by atoms with Crippen LogP contribution in [0.25, 0.3) is 0 Å². The predicted octanol–water partition coefficient (Wildman–Crippen LogP) is 5.27. The number of aliphatic hydroxyl groups excluding tert-OH is 1. The number of benzene rings is 2. The number of rotatable bonds is 9. The maximum atomic E-state index is 14.3. The number of likely N-dealkylation sites (N-methyl/N-ethyl adjacent to an activating group) is 1. The maximum absolute atomic E-state index is 14.3. The minimum Gasteiger partial charge on any atom is -0.497 e. The standard InChI is InChI=1S/C36H48N4O6/c1-25-21-40(26(2)24-41)36(43)32-20-30(38-35(42)29-15-17-37-18-16-29)11-14-33(32)46-27(3)8-6-7-19-45-34(25)23-39(4)22-28-9-12-31(44-5)13-10-28/h9-18,20,25-27,34,41H,6-8,19,21-24H2,1-5H3,(H,38,42)/t25-,26-,27-,34+/m1/s1. The van der Waals surface area contributed by atoms with Gasteiger partial charge in [0.2, 0.25) is 0 Å².